The van der Waals surface area contributed by atoms with Gasteiger partial charge in [-0.05, 0) is 30.7 Å². The number of nitrogens with zero attached hydrogens (tertiary/aromatic N) is 7. The summed E-state index contributed by atoms with van der Waals surface area (Å²) in [6, 6.07) is 9.92. The van der Waals surface area contributed by atoms with E-state index in [9.17, 15) is 14.0 Å². The average molecular weight is 437 g/mol. The van der Waals surface area contributed by atoms with Crippen LogP contribution in [0, 0.1) is 11.7 Å². The van der Waals surface area contributed by atoms with Crippen LogP contribution in [0.15, 0.2) is 36.4 Å². The lowest BCUT2D eigenvalue weighted by Gasteiger charge is -2.24. The molecule has 5 rings (SSSR count). The summed E-state index contributed by atoms with van der Waals surface area (Å²) in [6.45, 7) is 3.12. The van der Waals surface area contributed by atoms with Crippen molar-refractivity contribution in [1.82, 2.24) is 29.6 Å². The molecule has 1 aromatic carbocycles. The van der Waals surface area contributed by atoms with Crippen LogP contribution >= 0.6 is 0 Å². The number of hydrogen-bond donors (Lipinski definition) is 0. The third-order valence-corrected chi connectivity index (χ3v) is 6.15. The third-order valence-electron chi connectivity index (χ3n) is 6.15. The van der Waals surface area contributed by atoms with E-state index < -0.39 is 0 Å². The fourth-order valence-electron chi connectivity index (χ4n) is 4.41. The first-order valence-corrected chi connectivity index (χ1v) is 10.8. The Kier molecular flexibility index (Phi) is 5.20. The summed E-state index contributed by atoms with van der Waals surface area (Å²) in [7, 11) is 1.74. The molecule has 2 aliphatic heterocycles. The molecule has 0 bridgehead atoms. The summed E-state index contributed by atoms with van der Waals surface area (Å²) in [6.07, 6.45) is 1.10. The molecule has 2 saturated heterocycles. The van der Waals surface area contributed by atoms with Gasteiger partial charge in [0.1, 0.15) is 11.6 Å². The van der Waals surface area contributed by atoms with Gasteiger partial charge in [0.15, 0.2) is 11.5 Å². The number of aromatic nitrogens is 4. The molecular weight excluding hydrogens is 413 g/mol. The van der Waals surface area contributed by atoms with Gasteiger partial charge in [-0.3, -0.25) is 9.59 Å². The van der Waals surface area contributed by atoms with Crippen molar-refractivity contribution < 1.29 is 14.0 Å². The molecule has 2 aliphatic rings. The number of benzene rings is 1. The molecule has 2 fully saturated rings. The smallest absolute Gasteiger partial charge is 0.228 e. The SMILES string of the molecule is CN1CC(C(=O)N2CCCN(c3ccc4nnc(-c5cccc(F)c5)n4n3)CC2)CC1=O. The molecule has 0 aliphatic carbocycles. The van der Waals surface area contributed by atoms with Crippen LogP contribution in [0.2, 0.25) is 0 Å². The van der Waals surface area contributed by atoms with Crippen LogP contribution in [0.5, 0.6) is 0 Å². The highest BCUT2D eigenvalue weighted by molar-refractivity contribution is 5.89. The van der Waals surface area contributed by atoms with Crippen molar-refractivity contribution >= 4 is 23.3 Å². The number of halogens is 1. The fraction of sp³-hybridized carbons (Fsp3) is 0.409. The average Bonchev–Trinajstić information content (AvgIpc) is 3.26. The van der Waals surface area contributed by atoms with E-state index >= 15 is 0 Å². The van der Waals surface area contributed by atoms with Crippen molar-refractivity contribution in [2.45, 2.75) is 12.8 Å². The zero-order valence-electron chi connectivity index (χ0n) is 17.8. The number of rotatable bonds is 3. The van der Waals surface area contributed by atoms with Gasteiger partial charge < -0.3 is 14.7 Å². The molecule has 166 valence electrons. The van der Waals surface area contributed by atoms with E-state index in [1.807, 2.05) is 17.0 Å². The van der Waals surface area contributed by atoms with E-state index in [0.717, 1.165) is 18.8 Å². The molecule has 3 aromatic rings. The van der Waals surface area contributed by atoms with Crippen LogP contribution in [0.4, 0.5) is 10.2 Å². The lowest BCUT2D eigenvalue weighted by Crippen LogP contribution is -2.39. The minimum Gasteiger partial charge on any atom is -0.353 e. The maximum absolute atomic E-state index is 13.7. The zero-order chi connectivity index (χ0) is 22.2. The fourth-order valence-corrected chi connectivity index (χ4v) is 4.41. The molecule has 0 spiro atoms. The van der Waals surface area contributed by atoms with Crippen molar-refractivity contribution in [3.05, 3.63) is 42.2 Å². The predicted octanol–water partition coefficient (Wildman–Crippen LogP) is 1.45. The number of hydrogen-bond acceptors (Lipinski definition) is 6. The van der Waals surface area contributed by atoms with Crippen molar-refractivity contribution in [3.63, 3.8) is 0 Å². The van der Waals surface area contributed by atoms with Gasteiger partial charge in [-0.25, -0.2) is 4.39 Å². The Labute approximate surface area is 184 Å². The molecule has 10 heteroatoms. The Balaban J connectivity index is 1.34. The molecule has 1 atom stereocenters. The van der Waals surface area contributed by atoms with Crippen molar-refractivity contribution in [1.29, 1.82) is 0 Å². The standard InChI is InChI=1S/C22H24FN7O2/c1-27-14-16(13-20(27)31)22(32)29-9-3-8-28(10-11-29)19-7-6-18-24-25-21(30(18)26-19)15-4-2-5-17(23)12-15/h2,4-7,12,16H,3,8-11,13-14H2,1H3. The Morgan fingerprint density at radius 1 is 1.09 bits per heavy atom. The van der Waals surface area contributed by atoms with E-state index in [1.54, 1.807) is 28.6 Å². The van der Waals surface area contributed by atoms with Crippen molar-refractivity contribution in [3.8, 4) is 11.4 Å². The van der Waals surface area contributed by atoms with Gasteiger partial charge >= 0.3 is 0 Å². The van der Waals surface area contributed by atoms with Gasteiger partial charge in [0.05, 0.1) is 5.92 Å². The number of anilines is 1. The minimum atomic E-state index is -0.345. The summed E-state index contributed by atoms with van der Waals surface area (Å²) in [5.41, 5.74) is 1.18. The van der Waals surface area contributed by atoms with E-state index in [1.165, 1.54) is 12.1 Å². The molecule has 0 saturated carbocycles. The Hall–Kier alpha value is -3.56. The van der Waals surface area contributed by atoms with Crippen molar-refractivity contribution in [2.24, 2.45) is 5.92 Å². The van der Waals surface area contributed by atoms with Crippen molar-refractivity contribution in [2.75, 3.05) is 44.7 Å². The molecule has 32 heavy (non-hydrogen) atoms. The van der Waals surface area contributed by atoms with Gasteiger partial charge in [0, 0.05) is 51.8 Å². The van der Waals surface area contributed by atoms with Crippen LogP contribution in [0.1, 0.15) is 12.8 Å². The monoisotopic (exact) mass is 437 g/mol. The summed E-state index contributed by atoms with van der Waals surface area (Å²) in [5.74, 6) is 0.714. The number of likely N-dealkylation sites (tertiary alicyclic amines) is 1. The highest BCUT2D eigenvalue weighted by Gasteiger charge is 2.35. The van der Waals surface area contributed by atoms with Crippen LogP contribution < -0.4 is 4.90 Å². The van der Waals surface area contributed by atoms with Crippen LogP contribution in [-0.2, 0) is 9.59 Å². The summed E-state index contributed by atoms with van der Waals surface area (Å²) in [4.78, 5) is 30.4. The molecule has 2 aromatic heterocycles. The molecule has 2 amide bonds. The normalized spacial score (nSPS) is 19.6. The maximum Gasteiger partial charge on any atom is 0.228 e. The number of carbonyl (C=O) groups excluding carboxylic acids is 2. The van der Waals surface area contributed by atoms with Gasteiger partial charge in [-0.1, -0.05) is 12.1 Å². The molecule has 4 heterocycles. The lowest BCUT2D eigenvalue weighted by atomic mass is 10.1. The topological polar surface area (TPSA) is 86.9 Å². The number of amides is 2. The second kappa shape index (κ2) is 8.18. The first-order chi connectivity index (χ1) is 15.5. The molecule has 9 nitrogen and oxygen atoms in total. The van der Waals surface area contributed by atoms with E-state index in [4.69, 9.17) is 5.10 Å². The predicted molar refractivity (Wildman–Crippen MR) is 115 cm³/mol. The second-order valence-electron chi connectivity index (χ2n) is 8.34. The van der Waals surface area contributed by atoms with Gasteiger partial charge in [0.2, 0.25) is 11.8 Å². The van der Waals surface area contributed by atoms with Gasteiger partial charge in [-0.15, -0.1) is 15.3 Å². The van der Waals surface area contributed by atoms with Gasteiger partial charge in [0.25, 0.3) is 0 Å². The van der Waals surface area contributed by atoms with Crippen LogP contribution in [0.25, 0.3) is 17.0 Å². The second-order valence-corrected chi connectivity index (χ2v) is 8.34. The first-order valence-electron chi connectivity index (χ1n) is 10.8. The van der Waals surface area contributed by atoms with Gasteiger partial charge in [-0.2, -0.15) is 4.52 Å². The summed E-state index contributed by atoms with van der Waals surface area (Å²) in [5, 5.41) is 13.0. The molecule has 0 N–H and O–H groups in total. The zero-order valence-corrected chi connectivity index (χ0v) is 17.8. The molecule has 0 radical (unpaired) electrons. The van der Waals surface area contributed by atoms with Crippen LogP contribution in [-0.4, -0.2) is 81.2 Å². The van der Waals surface area contributed by atoms with E-state index in [-0.39, 0.29) is 23.5 Å². The van der Waals surface area contributed by atoms with E-state index in [0.29, 0.717) is 49.6 Å². The highest BCUT2D eigenvalue weighted by atomic mass is 19.1. The Morgan fingerprint density at radius 2 is 1.97 bits per heavy atom. The van der Waals surface area contributed by atoms with Crippen LogP contribution in [0.3, 0.4) is 0 Å². The largest absolute Gasteiger partial charge is 0.353 e. The maximum atomic E-state index is 13.7. The summed E-state index contributed by atoms with van der Waals surface area (Å²) >= 11 is 0. The molecular formula is C22H24FN7O2. The summed E-state index contributed by atoms with van der Waals surface area (Å²) < 4.78 is 15.3. The molecule has 1 unspecified atom stereocenters. The van der Waals surface area contributed by atoms with E-state index in [2.05, 4.69) is 15.1 Å². The Morgan fingerprint density at radius 3 is 2.75 bits per heavy atom. The Bertz CT molecular complexity index is 1180. The minimum absolute atomic E-state index is 0.0281. The third kappa shape index (κ3) is 3.76. The lowest BCUT2D eigenvalue weighted by molar-refractivity contribution is -0.135. The quantitative estimate of drug-likeness (QED) is 0.617. The highest BCUT2D eigenvalue weighted by Crippen LogP contribution is 2.23. The number of carbonyl (C=O) groups is 2. The first kappa shape index (κ1) is 20.3. The number of fused-ring (bicyclic) bond motifs is 1.